The van der Waals surface area contributed by atoms with E-state index in [1.54, 1.807) is 6.92 Å². The number of halogens is 1. The summed E-state index contributed by atoms with van der Waals surface area (Å²) < 4.78 is 17.9. The Labute approximate surface area is 109 Å². The van der Waals surface area contributed by atoms with Crippen LogP contribution in [0.3, 0.4) is 0 Å². The summed E-state index contributed by atoms with van der Waals surface area (Å²) in [6.45, 7) is 5.53. The zero-order valence-electron chi connectivity index (χ0n) is 10.6. The molecule has 0 N–H and O–H groups in total. The summed E-state index contributed by atoms with van der Waals surface area (Å²) in [6, 6.07) is 9.86. The van der Waals surface area contributed by atoms with Crippen molar-refractivity contribution in [2.75, 3.05) is 12.3 Å². The summed E-state index contributed by atoms with van der Waals surface area (Å²) in [5.41, 5.74) is 1.09. The fourth-order valence-electron chi connectivity index (χ4n) is 1.69. The molecule has 0 saturated heterocycles. The molecule has 1 rings (SSSR count). The molecule has 0 aliphatic heterocycles. The quantitative estimate of drug-likeness (QED) is 0.563. The van der Waals surface area contributed by atoms with Gasteiger partial charge in [-0.15, -0.1) is 0 Å². The largest absolute Gasteiger partial charge is 0.305 e. The van der Waals surface area contributed by atoms with Crippen LogP contribution in [0.2, 0.25) is 0 Å². The first-order valence-electron chi connectivity index (χ1n) is 5.92. The molecular formula is C13H20ClO2P. The minimum Gasteiger partial charge on any atom is -0.305 e. The van der Waals surface area contributed by atoms with E-state index in [2.05, 4.69) is 0 Å². The van der Waals surface area contributed by atoms with Crippen LogP contribution in [0.5, 0.6) is 0 Å². The van der Waals surface area contributed by atoms with Crippen molar-refractivity contribution in [1.82, 2.24) is 0 Å². The second-order valence-electron chi connectivity index (χ2n) is 4.30. The highest BCUT2D eigenvalue weighted by Crippen LogP contribution is 2.51. The van der Waals surface area contributed by atoms with Crippen molar-refractivity contribution in [3.05, 3.63) is 35.9 Å². The summed E-state index contributed by atoms with van der Waals surface area (Å²) >= 11 is 6.32. The highest BCUT2D eigenvalue weighted by Gasteiger charge is 2.31. The van der Waals surface area contributed by atoms with Crippen LogP contribution in [0.25, 0.3) is 0 Å². The lowest BCUT2D eigenvalue weighted by Crippen LogP contribution is -2.23. The Morgan fingerprint density at radius 2 is 1.76 bits per heavy atom. The van der Waals surface area contributed by atoms with Crippen molar-refractivity contribution in [2.45, 2.75) is 32.3 Å². The van der Waals surface area contributed by atoms with Gasteiger partial charge in [0.15, 0.2) is 0 Å². The molecule has 0 fully saturated rings. The lowest BCUT2D eigenvalue weighted by atomic mass is 10.1. The summed E-state index contributed by atoms with van der Waals surface area (Å²) in [7, 11) is -2.57. The van der Waals surface area contributed by atoms with Crippen LogP contribution in [0.15, 0.2) is 30.3 Å². The van der Waals surface area contributed by atoms with E-state index < -0.39 is 12.4 Å². The highest BCUT2D eigenvalue weighted by atomic mass is 35.5. The summed E-state index contributed by atoms with van der Waals surface area (Å²) in [5.74, 6) is 0. The third-order valence-corrected chi connectivity index (χ3v) is 5.66. The molecule has 0 radical (unpaired) electrons. The van der Waals surface area contributed by atoms with E-state index in [-0.39, 0.29) is 0 Å². The van der Waals surface area contributed by atoms with Crippen molar-refractivity contribution >= 4 is 19.0 Å². The van der Waals surface area contributed by atoms with Crippen molar-refractivity contribution in [2.24, 2.45) is 0 Å². The van der Waals surface area contributed by atoms with Gasteiger partial charge in [-0.3, -0.25) is 4.57 Å². The van der Waals surface area contributed by atoms with Crippen LogP contribution in [-0.2, 0) is 15.5 Å². The highest BCUT2D eigenvalue weighted by molar-refractivity contribution is 7.59. The fraction of sp³-hybridized carbons (Fsp3) is 0.538. The second-order valence-corrected chi connectivity index (χ2v) is 8.18. The van der Waals surface area contributed by atoms with Gasteiger partial charge in [0.25, 0.3) is 0 Å². The van der Waals surface area contributed by atoms with Crippen LogP contribution < -0.4 is 0 Å². The van der Waals surface area contributed by atoms with Crippen LogP contribution in [0.4, 0.5) is 0 Å². The Balaban J connectivity index is 2.72. The van der Waals surface area contributed by atoms with Crippen LogP contribution in [0, 0.1) is 0 Å². The van der Waals surface area contributed by atoms with Gasteiger partial charge in [0.1, 0.15) is 5.06 Å². The zero-order chi connectivity index (χ0) is 12.9. The Kier molecular flexibility index (Phi) is 5.24. The molecule has 0 heterocycles. The van der Waals surface area contributed by atoms with Gasteiger partial charge in [0, 0.05) is 18.7 Å². The van der Waals surface area contributed by atoms with Crippen LogP contribution in [-0.4, -0.2) is 17.4 Å². The molecule has 0 aliphatic rings. The van der Waals surface area contributed by atoms with Crippen molar-refractivity contribution in [3.8, 4) is 0 Å². The predicted octanol–water partition coefficient (Wildman–Crippen LogP) is 4.52. The second kappa shape index (κ2) is 6.04. The SMILES string of the molecule is CCP(=O)(CC)OC(C)(Cl)Cc1ccccc1. The first-order chi connectivity index (χ1) is 7.91. The third-order valence-electron chi connectivity index (χ3n) is 2.68. The standard InChI is InChI=1S/C13H20ClO2P/c1-4-17(15,5-2)16-13(3,14)11-12-9-7-6-8-10-12/h6-10H,4-5,11H2,1-3H3. The van der Waals surface area contributed by atoms with E-state index >= 15 is 0 Å². The number of benzene rings is 1. The minimum atomic E-state index is -2.57. The molecule has 0 aromatic heterocycles. The molecule has 1 aromatic rings. The summed E-state index contributed by atoms with van der Waals surface area (Å²) in [4.78, 5) is 0. The fourth-order valence-corrected chi connectivity index (χ4v) is 3.69. The first kappa shape index (κ1) is 14.8. The van der Waals surface area contributed by atoms with Crippen LogP contribution >= 0.6 is 19.0 Å². The molecule has 0 saturated carbocycles. The number of alkyl halides is 1. The Morgan fingerprint density at radius 1 is 1.24 bits per heavy atom. The average Bonchev–Trinajstić information content (AvgIpc) is 2.29. The van der Waals surface area contributed by atoms with Crippen molar-refractivity contribution < 1.29 is 9.09 Å². The lowest BCUT2D eigenvalue weighted by Gasteiger charge is -2.27. The van der Waals surface area contributed by atoms with Gasteiger partial charge in [-0.05, 0) is 12.5 Å². The van der Waals surface area contributed by atoms with Gasteiger partial charge in [0.2, 0.25) is 7.37 Å². The molecule has 96 valence electrons. The molecule has 0 spiro atoms. The van der Waals surface area contributed by atoms with Gasteiger partial charge in [0.05, 0.1) is 0 Å². The van der Waals surface area contributed by atoms with E-state index in [4.69, 9.17) is 16.1 Å². The molecule has 1 unspecified atom stereocenters. The van der Waals surface area contributed by atoms with E-state index in [9.17, 15) is 4.57 Å². The lowest BCUT2D eigenvalue weighted by molar-refractivity contribution is 0.182. The molecule has 0 aliphatic carbocycles. The molecule has 4 heteroatoms. The number of rotatable bonds is 6. The maximum atomic E-state index is 12.2. The Morgan fingerprint density at radius 3 is 2.24 bits per heavy atom. The van der Waals surface area contributed by atoms with Gasteiger partial charge in [-0.1, -0.05) is 55.8 Å². The summed E-state index contributed by atoms with van der Waals surface area (Å²) in [6.07, 6.45) is 1.61. The van der Waals surface area contributed by atoms with Crippen molar-refractivity contribution in [1.29, 1.82) is 0 Å². The van der Waals surface area contributed by atoms with Crippen molar-refractivity contribution in [3.63, 3.8) is 0 Å². The van der Waals surface area contributed by atoms with Crippen LogP contribution in [0.1, 0.15) is 26.3 Å². The summed E-state index contributed by atoms with van der Waals surface area (Å²) in [5, 5.41) is -0.900. The average molecular weight is 275 g/mol. The molecule has 2 nitrogen and oxygen atoms in total. The first-order valence-corrected chi connectivity index (χ1v) is 8.30. The van der Waals surface area contributed by atoms with E-state index in [0.29, 0.717) is 18.7 Å². The monoisotopic (exact) mass is 274 g/mol. The van der Waals surface area contributed by atoms with E-state index in [1.165, 1.54) is 0 Å². The molecule has 0 amide bonds. The minimum absolute atomic E-state index is 0.528. The number of hydrogen-bond acceptors (Lipinski definition) is 2. The smallest absolute Gasteiger partial charge is 0.204 e. The zero-order valence-corrected chi connectivity index (χ0v) is 12.3. The molecule has 0 bridgehead atoms. The van der Waals surface area contributed by atoms with Gasteiger partial charge < -0.3 is 4.52 Å². The molecule has 17 heavy (non-hydrogen) atoms. The van der Waals surface area contributed by atoms with E-state index in [1.807, 2.05) is 44.2 Å². The Bertz CT molecular complexity index is 382. The molecule has 1 aromatic carbocycles. The topological polar surface area (TPSA) is 26.3 Å². The van der Waals surface area contributed by atoms with Gasteiger partial charge >= 0.3 is 0 Å². The predicted molar refractivity (Wildman–Crippen MR) is 74.2 cm³/mol. The maximum Gasteiger partial charge on any atom is 0.204 e. The van der Waals surface area contributed by atoms with Gasteiger partial charge in [-0.25, -0.2) is 0 Å². The van der Waals surface area contributed by atoms with E-state index in [0.717, 1.165) is 5.56 Å². The third kappa shape index (κ3) is 4.83. The number of hydrogen-bond donors (Lipinski definition) is 0. The Hall–Kier alpha value is -0.300. The maximum absolute atomic E-state index is 12.2. The normalized spacial score (nSPS) is 15.5. The van der Waals surface area contributed by atoms with Gasteiger partial charge in [-0.2, -0.15) is 0 Å². The molecular weight excluding hydrogens is 255 g/mol. The molecule has 1 atom stereocenters.